The Balaban J connectivity index is 0.000000125. The molecule has 0 saturated carbocycles. The molecule has 0 N–H and O–H groups in total. The summed E-state index contributed by atoms with van der Waals surface area (Å²) in [4.78, 5) is 0. The minimum atomic E-state index is -1.03. The zero-order valence-corrected chi connectivity index (χ0v) is 68.2. The van der Waals surface area contributed by atoms with Gasteiger partial charge in [-0.15, -0.1) is 0 Å². The first-order chi connectivity index (χ1) is 86.3. The van der Waals surface area contributed by atoms with Gasteiger partial charge in [0.15, 0.2) is 0 Å². The normalized spacial score (nSPS) is 17.4. The molecule has 0 radical (unpaired) electrons. The predicted molar refractivity (Wildman–Crippen MR) is 570 cm³/mol. The second kappa shape index (κ2) is 29.2. The standard InChI is InChI=1S/3C44H26/c3*1-2-13-37(38-23-19-32-17-15-28-7-4-9-30-21-25-40(38)44(32)42(28)30)35(12-1)33-10-5-11-34(26-33)36-22-18-31-16-14-27-6-3-8-29-20-24-39(36)43(31)41(27)29/h3*1-26H/i1D,2D,3D,4D,5D,7D,8D,9D,10D,11D,12D,13D,14D,15D,16D,17D,18D,19D,20D,21D,22D,23D,24D,25D,26D;3D,4D,7D,8D,9D,14D,15D,16D,17D,18D,19D,20D,21D,22D,23D,24D,25D;1D,2D,5D,10D,11D,12D,13D,26D. The number of rotatable bonds is 9. The Bertz CT molecular complexity index is 13100. The van der Waals surface area contributed by atoms with Crippen LogP contribution in [0.1, 0.15) is 68.5 Å². The van der Waals surface area contributed by atoms with Gasteiger partial charge in [0.05, 0.1) is 68.5 Å². The monoisotopic (exact) mass is 1710 g/mol. The van der Waals surface area contributed by atoms with E-state index >= 15 is 0 Å². The van der Waals surface area contributed by atoms with Crippen molar-refractivity contribution in [3.8, 4) is 100 Å². The molecule has 30 aromatic carbocycles. The van der Waals surface area contributed by atoms with Gasteiger partial charge in [-0.2, -0.15) is 0 Å². The molecule has 0 unspecified atom stereocenters. The van der Waals surface area contributed by atoms with Crippen LogP contribution in [-0.4, -0.2) is 0 Å². The Labute approximate surface area is 831 Å². The van der Waals surface area contributed by atoms with Crippen LogP contribution in [0.3, 0.4) is 0 Å². The Morgan fingerprint density at radius 3 is 0.864 bits per heavy atom. The van der Waals surface area contributed by atoms with Gasteiger partial charge in [-0.1, -0.05) is 454 Å². The van der Waals surface area contributed by atoms with Gasteiger partial charge in [0.1, 0.15) is 0 Å². The first-order valence-electron chi connectivity index (χ1n) is 67.0. The summed E-state index contributed by atoms with van der Waals surface area (Å²) in [7, 11) is 0. The Kier molecular flexibility index (Phi) is 8.94. The molecule has 0 atom stereocenters. The van der Waals surface area contributed by atoms with Crippen LogP contribution in [0.2, 0.25) is 0 Å². The minimum absolute atomic E-state index is 0.00223. The third kappa shape index (κ3) is 11.4. The average molecular weight is 1710 g/mol. The van der Waals surface area contributed by atoms with Crippen molar-refractivity contribution < 1.29 is 68.5 Å². The van der Waals surface area contributed by atoms with Gasteiger partial charge in [-0.25, -0.2) is 0 Å². The maximum Gasteiger partial charge on any atom is 0.0636 e. The van der Waals surface area contributed by atoms with Crippen LogP contribution in [0.4, 0.5) is 0 Å². The zero-order valence-electron chi connectivity index (χ0n) is 118. The van der Waals surface area contributed by atoms with Crippen LogP contribution >= 0.6 is 0 Å². The molecule has 0 aliphatic rings. The van der Waals surface area contributed by atoms with Gasteiger partial charge < -0.3 is 0 Å². The van der Waals surface area contributed by atoms with E-state index in [0.29, 0.717) is 33.4 Å². The highest BCUT2D eigenvalue weighted by Gasteiger charge is 2.24. The highest BCUT2D eigenvalue weighted by molar-refractivity contribution is 6.32. The third-order valence-electron chi connectivity index (χ3n) is 25.3. The van der Waals surface area contributed by atoms with Gasteiger partial charge in [0.25, 0.3) is 0 Å². The summed E-state index contributed by atoms with van der Waals surface area (Å²) in [6.07, 6.45) is 0. The molecule has 606 valence electrons. The molecule has 0 heteroatoms. The number of hydrogen-bond donors (Lipinski definition) is 0. The lowest BCUT2D eigenvalue weighted by Crippen LogP contribution is -1.90. The SMILES string of the molecule is [2H]c1c([2H])c(-c2c([2H])c([2H])c([2H])c([2H])c2-c2ccc3ccc4cccc5ccc2c3c45)c([2H])c(-c2ccc3ccc4cccc5ccc2c3c45)c1[2H].[2H]c1cc2c([2H])c([2H])c3c([2H])c([2H])c(-c4c([2H])c([2H])c([2H])c(-c5c([2H])c([2H])c([2H])c([2H])c5-c5c([2H])c([2H])c6c([2H])c([2H])c7c([2H])c([2H])c([2H])c8c([2H])c([2H])c5c6c78)c4[2H])c4c([2H])c([2H])c(c1[2H])c2c34.[2H]c1cc2c([2H])c([2H])c3c([2H])c([2H])c(-c4cccc(-c5ccccc5-c5c([2H])c([2H])c6c([2H])c([2H])c7c([2H])c([2H])c([2H])c8c([2H])c([2H])c5c6c78)c4)c4c([2H])c([2H])c(c1[2H])c2c34. The van der Waals surface area contributed by atoms with Crippen LogP contribution < -0.4 is 0 Å². The van der Waals surface area contributed by atoms with Crippen molar-refractivity contribution in [2.75, 3.05) is 0 Å². The van der Waals surface area contributed by atoms with Crippen molar-refractivity contribution in [1.29, 1.82) is 0 Å². The highest BCUT2D eigenvalue weighted by atomic mass is 14.3. The fourth-order valence-corrected chi connectivity index (χ4v) is 19.5. The summed E-state index contributed by atoms with van der Waals surface area (Å²) >= 11 is 0. The Morgan fingerprint density at radius 1 is 0.114 bits per heavy atom. The summed E-state index contributed by atoms with van der Waals surface area (Å²) in [5.74, 6) is 0. The van der Waals surface area contributed by atoms with Gasteiger partial charge in [-0.3, -0.25) is 0 Å². The summed E-state index contributed by atoms with van der Waals surface area (Å²) < 4.78 is 451. The summed E-state index contributed by atoms with van der Waals surface area (Å²) in [6.45, 7) is 0. The van der Waals surface area contributed by atoms with E-state index in [1.165, 1.54) is 6.07 Å². The average Bonchev–Trinajstić information content (AvgIpc) is 0.687. The van der Waals surface area contributed by atoms with Crippen molar-refractivity contribution in [3.05, 3.63) is 472 Å². The van der Waals surface area contributed by atoms with E-state index < -0.39 is 308 Å². The van der Waals surface area contributed by atoms with Crippen LogP contribution in [-0.2, 0) is 0 Å². The summed E-state index contributed by atoms with van der Waals surface area (Å²) in [6, 6.07) is 21.6. The zero-order chi connectivity index (χ0) is 130. The van der Waals surface area contributed by atoms with Gasteiger partial charge in [0.2, 0.25) is 0 Å². The molecule has 0 aliphatic heterocycles. The first-order valence-corrected chi connectivity index (χ1v) is 42.0. The van der Waals surface area contributed by atoms with Crippen molar-refractivity contribution in [2.24, 2.45) is 0 Å². The molecule has 0 amide bonds. The molecule has 30 rings (SSSR count). The molecule has 0 heterocycles. The molecule has 0 nitrogen and oxygen atoms in total. The van der Waals surface area contributed by atoms with E-state index in [4.69, 9.17) is 41.1 Å². The first kappa shape index (κ1) is 40.4. The predicted octanol–water partition coefficient (Wildman–Crippen LogP) is 37.4. The van der Waals surface area contributed by atoms with E-state index in [-0.39, 0.29) is 190 Å². The third-order valence-corrected chi connectivity index (χ3v) is 25.3. The summed E-state index contributed by atoms with van der Waals surface area (Å²) in [5, 5.41) is 7.85. The van der Waals surface area contributed by atoms with Crippen LogP contribution in [0.5, 0.6) is 0 Å². The molecule has 0 saturated heterocycles. The largest absolute Gasteiger partial charge is 0.0636 e. The van der Waals surface area contributed by atoms with E-state index in [0.717, 1.165) is 70.7 Å². The minimum Gasteiger partial charge on any atom is -0.0616 e. The van der Waals surface area contributed by atoms with E-state index in [2.05, 4.69) is 30.3 Å². The fraction of sp³-hybridized carbons (Fsp3) is 0. The van der Waals surface area contributed by atoms with E-state index in [1.54, 1.807) is 48.5 Å². The molecule has 0 spiro atoms. The van der Waals surface area contributed by atoms with Crippen molar-refractivity contribution in [1.82, 2.24) is 0 Å². The number of hydrogen-bond acceptors (Lipinski definition) is 0. The lowest BCUT2D eigenvalue weighted by Gasteiger charge is -2.17. The molecule has 0 fully saturated rings. The van der Waals surface area contributed by atoms with E-state index in [9.17, 15) is 27.4 Å². The molecular formula is C132H78. The second-order valence-electron chi connectivity index (χ2n) is 32.2. The number of benzene rings is 30. The lowest BCUT2D eigenvalue weighted by atomic mass is 9.86. The lowest BCUT2D eigenvalue weighted by molar-refractivity contribution is 1.59. The molecule has 132 heavy (non-hydrogen) atoms. The van der Waals surface area contributed by atoms with Gasteiger partial charge >= 0.3 is 0 Å². The van der Waals surface area contributed by atoms with Crippen LogP contribution in [0, 0.1) is 0 Å². The molecular weight excluding hydrogens is 1590 g/mol. The quantitative estimate of drug-likeness (QED) is 0.126. The molecule has 0 aliphatic carbocycles. The molecule has 30 aromatic rings. The smallest absolute Gasteiger partial charge is 0.0616 e. The Hall–Kier alpha value is -17.2. The summed E-state index contributed by atoms with van der Waals surface area (Å²) in [5.41, 5.74) is -1.55. The maximum absolute atomic E-state index is 9.83. The van der Waals surface area contributed by atoms with E-state index in [1.807, 2.05) is 78.9 Å². The van der Waals surface area contributed by atoms with Gasteiger partial charge in [-0.05, 0) is 312 Å². The topological polar surface area (TPSA) is 0 Å². The fourth-order valence-electron chi connectivity index (χ4n) is 19.5. The Morgan fingerprint density at radius 2 is 0.394 bits per heavy atom. The van der Waals surface area contributed by atoms with Crippen molar-refractivity contribution in [2.45, 2.75) is 0 Å². The van der Waals surface area contributed by atoms with Gasteiger partial charge in [0, 0.05) is 0 Å². The van der Waals surface area contributed by atoms with Crippen molar-refractivity contribution >= 4 is 194 Å². The van der Waals surface area contributed by atoms with Crippen LogP contribution in [0.25, 0.3) is 294 Å². The van der Waals surface area contributed by atoms with Crippen LogP contribution in [0.15, 0.2) is 472 Å². The molecule has 0 bridgehead atoms. The van der Waals surface area contributed by atoms with Crippen molar-refractivity contribution in [3.63, 3.8) is 0 Å². The molecule has 0 aromatic heterocycles. The highest BCUT2D eigenvalue weighted by Crippen LogP contribution is 2.51. The maximum atomic E-state index is 9.83. The second-order valence-corrected chi connectivity index (χ2v) is 32.2.